The molecule has 0 spiro atoms. The molecule has 2 saturated heterocycles. The van der Waals surface area contributed by atoms with Crippen molar-refractivity contribution in [3.63, 3.8) is 0 Å². The first kappa shape index (κ1) is 21.8. The molecular weight excluding hydrogens is 410 g/mol. The summed E-state index contributed by atoms with van der Waals surface area (Å²) in [6, 6.07) is 16.3. The van der Waals surface area contributed by atoms with Crippen LogP contribution < -0.4 is 15.6 Å². The fourth-order valence-corrected chi connectivity index (χ4v) is 3.86. The minimum atomic E-state index is -0.500. The number of ether oxygens (including phenoxy) is 2. The minimum absolute atomic E-state index is 0.0704. The zero-order chi connectivity index (χ0) is 22.3. The second-order valence-electron chi connectivity index (χ2n) is 8.07. The van der Waals surface area contributed by atoms with Crippen molar-refractivity contribution < 1.29 is 23.9 Å². The van der Waals surface area contributed by atoms with E-state index in [0.717, 1.165) is 25.0 Å². The summed E-state index contributed by atoms with van der Waals surface area (Å²) in [6.07, 6.45) is 2.31. The monoisotopic (exact) mass is 437 g/mol. The molecule has 2 unspecified atom stereocenters. The molecule has 168 valence electrons. The van der Waals surface area contributed by atoms with Gasteiger partial charge in [-0.3, -0.25) is 25.2 Å². The fraction of sp³-hybridized carbons (Fsp3) is 0.375. The molecule has 0 bridgehead atoms. The lowest BCUT2D eigenvalue weighted by atomic mass is 10.1. The van der Waals surface area contributed by atoms with Gasteiger partial charge in [0.05, 0.1) is 12.0 Å². The van der Waals surface area contributed by atoms with Gasteiger partial charge in [0.2, 0.25) is 11.8 Å². The smallest absolute Gasteiger partial charge is 0.269 e. The molecule has 2 heterocycles. The maximum atomic E-state index is 12.5. The third kappa shape index (κ3) is 5.64. The Morgan fingerprint density at radius 2 is 1.84 bits per heavy atom. The van der Waals surface area contributed by atoms with E-state index >= 15 is 0 Å². The highest BCUT2D eigenvalue weighted by Crippen LogP contribution is 2.20. The van der Waals surface area contributed by atoms with Gasteiger partial charge in [0.25, 0.3) is 5.91 Å². The highest BCUT2D eigenvalue weighted by molar-refractivity contribution is 5.96. The molecule has 8 heteroatoms. The van der Waals surface area contributed by atoms with Crippen molar-refractivity contribution >= 4 is 17.7 Å². The van der Waals surface area contributed by atoms with Crippen molar-refractivity contribution in [3.8, 4) is 5.75 Å². The average Bonchev–Trinajstić information content (AvgIpc) is 3.47. The van der Waals surface area contributed by atoms with Gasteiger partial charge in [-0.2, -0.15) is 0 Å². The van der Waals surface area contributed by atoms with Crippen LogP contribution in [0.15, 0.2) is 54.6 Å². The normalized spacial score (nSPS) is 20.2. The Morgan fingerprint density at radius 1 is 1.06 bits per heavy atom. The number of carbonyl (C=O) groups is 3. The van der Waals surface area contributed by atoms with E-state index in [-0.39, 0.29) is 24.3 Å². The Kier molecular flexibility index (Phi) is 7.01. The summed E-state index contributed by atoms with van der Waals surface area (Å²) < 4.78 is 11.2. The molecular formula is C24H27N3O5. The molecule has 0 radical (unpaired) electrons. The van der Waals surface area contributed by atoms with Crippen molar-refractivity contribution in [3.05, 3.63) is 65.7 Å². The standard InChI is InChI=1S/C24H27N3O5/c28-22-13-19(15-27(22)14-17-5-2-1-3-6-17)24(30)26-25-23(29)18-8-10-20(11-9-18)32-16-21-7-4-12-31-21/h1-3,5-6,8-11,19,21H,4,7,12-16H2,(H,25,29)(H,26,30). The first-order chi connectivity index (χ1) is 15.6. The molecule has 0 saturated carbocycles. The van der Waals surface area contributed by atoms with Crippen molar-refractivity contribution in [2.24, 2.45) is 5.92 Å². The zero-order valence-corrected chi connectivity index (χ0v) is 17.8. The maximum absolute atomic E-state index is 12.5. The summed E-state index contributed by atoms with van der Waals surface area (Å²) in [7, 11) is 0. The summed E-state index contributed by atoms with van der Waals surface area (Å²) in [5.74, 6) is -0.726. The second-order valence-corrected chi connectivity index (χ2v) is 8.07. The molecule has 2 fully saturated rings. The minimum Gasteiger partial charge on any atom is -0.491 e. The van der Waals surface area contributed by atoms with E-state index in [1.807, 2.05) is 30.3 Å². The number of nitrogens with zero attached hydrogens (tertiary/aromatic N) is 1. The summed E-state index contributed by atoms with van der Waals surface area (Å²) in [6.45, 7) is 2.06. The maximum Gasteiger partial charge on any atom is 0.269 e. The lowest BCUT2D eigenvalue weighted by Gasteiger charge is -2.17. The Hall–Kier alpha value is -3.39. The Labute approximate surface area is 186 Å². The first-order valence-electron chi connectivity index (χ1n) is 10.8. The predicted octanol–water partition coefficient (Wildman–Crippen LogP) is 2.05. The van der Waals surface area contributed by atoms with E-state index in [4.69, 9.17) is 9.47 Å². The predicted molar refractivity (Wildman–Crippen MR) is 116 cm³/mol. The lowest BCUT2D eigenvalue weighted by molar-refractivity contribution is -0.129. The van der Waals surface area contributed by atoms with Gasteiger partial charge in [-0.25, -0.2) is 0 Å². The molecule has 2 aliphatic heterocycles. The highest BCUT2D eigenvalue weighted by atomic mass is 16.5. The number of likely N-dealkylation sites (tertiary alicyclic amines) is 1. The van der Waals surface area contributed by atoms with E-state index in [1.54, 1.807) is 29.2 Å². The number of carbonyl (C=O) groups excluding carboxylic acids is 3. The molecule has 8 nitrogen and oxygen atoms in total. The van der Waals surface area contributed by atoms with Crippen LogP contribution in [0.5, 0.6) is 5.75 Å². The van der Waals surface area contributed by atoms with Crippen molar-refractivity contribution in [1.82, 2.24) is 15.8 Å². The SMILES string of the molecule is O=C(NNC(=O)C1CC(=O)N(Cc2ccccc2)C1)c1ccc(OCC2CCCO2)cc1. The number of benzene rings is 2. The van der Waals surface area contributed by atoms with Crippen molar-refractivity contribution in [2.75, 3.05) is 19.8 Å². The van der Waals surface area contributed by atoms with E-state index in [1.165, 1.54) is 0 Å². The van der Waals surface area contributed by atoms with Crippen molar-refractivity contribution in [1.29, 1.82) is 0 Å². The van der Waals surface area contributed by atoms with E-state index in [2.05, 4.69) is 10.9 Å². The van der Waals surface area contributed by atoms with Gasteiger partial charge in [-0.1, -0.05) is 30.3 Å². The van der Waals surface area contributed by atoms with Crippen LogP contribution in [0.4, 0.5) is 0 Å². The summed E-state index contributed by atoms with van der Waals surface area (Å²) in [5.41, 5.74) is 6.27. The van der Waals surface area contributed by atoms with E-state index in [0.29, 0.717) is 31.0 Å². The fourth-order valence-electron chi connectivity index (χ4n) is 3.86. The highest BCUT2D eigenvalue weighted by Gasteiger charge is 2.34. The van der Waals surface area contributed by atoms with Gasteiger partial charge in [0.1, 0.15) is 12.4 Å². The van der Waals surface area contributed by atoms with Crippen LogP contribution in [0.3, 0.4) is 0 Å². The first-order valence-corrected chi connectivity index (χ1v) is 10.8. The molecule has 2 N–H and O–H groups in total. The molecule has 2 atom stereocenters. The topological polar surface area (TPSA) is 97.0 Å². The van der Waals surface area contributed by atoms with Crippen LogP contribution in [-0.4, -0.2) is 48.5 Å². The third-order valence-electron chi connectivity index (χ3n) is 5.68. The van der Waals surface area contributed by atoms with Crippen molar-refractivity contribution in [2.45, 2.75) is 31.9 Å². The van der Waals surface area contributed by atoms with Gasteiger partial charge in [0.15, 0.2) is 0 Å². The van der Waals surface area contributed by atoms with Crippen LogP contribution in [0.25, 0.3) is 0 Å². The molecule has 0 aromatic heterocycles. The number of hydrogen-bond donors (Lipinski definition) is 2. The van der Waals surface area contributed by atoms with Crippen LogP contribution in [0.2, 0.25) is 0 Å². The quantitative estimate of drug-likeness (QED) is 0.647. The molecule has 0 aliphatic carbocycles. The number of hydrogen-bond acceptors (Lipinski definition) is 5. The number of hydrazine groups is 1. The van der Waals surface area contributed by atoms with Crippen LogP contribution >= 0.6 is 0 Å². The molecule has 2 aromatic carbocycles. The van der Waals surface area contributed by atoms with E-state index < -0.39 is 11.8 Å². The van der Waals surface area contributed by atoms with Gasteiger partial charge in [-0.05, 0) is 42.7 Å². The second kappa shape index (κ2) is 10.3. The van der Waals surface area contributed by atoms with Gasteiger partial charge in [-0.15, -0.1) is 0 Å². The van der Waals surface area contributed by atoms with Crippen LogP contribution in [0.1, 0.15) is 35.2 Å². The van der Waals surface area contributed by atoms with Crippen LogP contribution in [-0.2, 0) is 20.9 Å². The molecule has 2 aliphatic rings. The Morgan fingerprint density at radius 3 is 2.56 bits per heavy atom. The number of amides is 3. The molecule has 3 amide bonds. The average molecular weight is 437 g/mol. The van der Waals surface area contributed by atoms with Gasteiger partial charge >= 0.3 is 0 Å². The van der Waals surface area contributed by atoms with E-state index in [9.17, 15) is 14.4 Å². The molecule has 32 heavy (non-hydrogen) atoms. The third-order valence-corrected chi connectivity index (χ3v) is 5.68. The van der Waals surface area contributed by atoms with Gasteiger partial charge < -0.3 is 14.4 Å². The lowest BCUT2D eigenvalue weighted by Crippen LogP contribution is -2.45. The molecule has 4 rings (SSSR count). The number of rotatable bonds is 7. The largest absolute Gasteiger partial charge is 0.491 e. The van der Waals surface area contributed by atoms with Crippen LogP contribution in [0, 0.1) is 5.92 Å². The zero-order valence-electron chi connectivity index (χ0n) is 17.8. The Bertz CT molecular complexity index is 942. The Balaban J connectivity index is 1.22. The summed E-state index contributed by atoms with van der Waals surface area (Å²) in [4.78, 5) is 38.7. The summed E-state index contributed by atoms with van der Waals surface area (Å²) in [5, 5.41) is 0. The van der Waals surface area contributed by atoms with Gasteiger partial charge in [0, 0.05) is 31.7 Å². The summed E-state index contributed by atoms with van der Waals surface area (Å²) >= 11 is 0. The molecule has 2 aromatic rings. The number of nitrogens with one attached hydrogen (secondary N) is 2.